The molecule has 7 heteroatoms. The summed E-state index contributed by atoms with van der Waals surface area (Å²) in [6, 6.07) is 7.25. The first-order chi connectivity index (χ1) is 12.6. The monoisotopic (exact) mass is 358 g/mol. The Morgan fingerprint density at radius 3 is 2.81 bits per heavy atom. The quantitative estimate of drug-likeness (QED) is 0.789. The molecule has 1 aliphatic carbocycles. The van der Waals surface area contributed by atoms with Gasteiger partial charge in [-0.25, -0.2) is 0 Å². The van der Waals surface area contributed by atoms with Gasteiger partial charge in [0.25, 0.3) is 0 Å². The Balaban J connectivity index is 1.60. The molecular weight excluding hydrogens is 332 g/mol. The van der Waals surface area contributed by atoms with Crippen LogP contribution in [0.2, 0.25) is 0 Å². The molecule has 0 spiro atoms. The number of ether oxygens (including phenoxy) is 1. The highest BCUT2D eigenvalue weighted by Crippen LogP contribution is 2.38. The number of hydrogen-bond acceptors (Lipinski definition) is 6. The van der Waals surface area contributed by atoms with Crippen molar-refractivity contribution in [3.8, 4) is 5.75 Å². The molecule has 1 fully saturated rings. The Kier molecular flexibility index (Phi) is 5.88. The van der Waals surface area contributed by atoms with Gasteiger partial charge in [0.1, 0.15) is 5.75 Å². The largest absolute Gasteiger partial charge is 0.495 e. The highest BCUT2D eigenvalue weighted by molar-refractivity contribution is 5.93. The van der Waals surface area contributed by atoms with Gasteiger partial charge in [-0.15, -0.1) is 0 Å². The van der Waals surface area contributed by atoms with Gasteiger partial charge in [-0.2, -0.15) is 4.98 Å². The van der Waals surface area contributed by atoms with E-state index in [1.807, 2.05) is 12.1 Å². The van der Waals surface area contributed by atoms with Crippen molar-refractivity contribution < 1.29 is 14.1 Å². The van der Waals surface area contributed by atoms with Crippen molar-refractivity contribution in [1.82, 2.24) is 10.1 Å². The molecule has 140 valence electrons. The Morgan fingerprint density at radius 2 is 2.08 bits per heavy atom. The van der Waals surface area contributed by atoms with E-state index in [-0.39, 0.29) is 17.7 Å². The molecule has 1 heterocycles. The van der Waals surface area contributed by atoms with E-state index in [0.717, 1.165) is 12.8 Å². The number of nitrogens with one attached hydrogen (secondary N) is 1. The van der Waals surface area contributed by atoms with Gasteiger partial charge >= 0.3 is 0 Å². The number of amides is 1. The van der Waals surface area contributed by atoms with Gasteiger partial charge in [-0.05, 0) is 36.9 Å². The maximum Gasteiger partial charge on any atom is 0.232 e. The minimum absolute atomic E-state index is 0.0528. The molecular formula is C19H26N4O3. The summed E-state index contributed by atoms with van der Waals surface area (Å²) < 4.78 is 10.6. The maximum atomic E-state index is 12.3. The normalized spacial score (nSPS) is 16.2. The molecule has 3 N–H and O–H groups in total. The summed E-state index contributed by atoms with van der Waals surface area (Å²) in [7, 11) is 1.56. The number of benzene rings is 1. The van der Waals surface area contributed by atoms with E-state index < -0.39 is 0 Å². The molecule has 0 atom stereocenters. The topological polar surface area (TPSA) is 103 Å². The molecule has 26 heavy (non-hydrogen) atoms. The van der Waals surface area contributed by atoms with Gasteiger partial charge in [0.05, 0.1) is 19.2 Å². The first kappa shape index (κ1) is 18.4. The molecule has 2 aromatic rings. The second-order valence-corrected chi connectivity index (χ2v) is 6.97. The Labute approximate surface area is 153 Å². The average molecular weight is 358 g/mol. The van der Waals surface area contributed by atoms with Crippen molar-refractivity contribution >= 4 is 11.6 Å². The molecule has 1 aliphatic rings. The van der Waals surface area contributed by atoms with E-state index >= 15 is 0 Å². The average Bonchev–Trinajstić information content (AvgIpc) is 3.09. The van der Waals surface area contributed by atoms with Crippen molar-refractivity contribution in [3.63, 3.8) is 0 Å². The SMILES string of the molecule is COc1ccccc1NC(=O)Cc1noc(CC2(CN)CCCCC2)n1. The minimum atomic E-state index is -0.215. The lowest BCUT2D eigenvalue weighted by Gasteiger charge is -2.34. The number of methoxy groups -OCH3 is 1. The van der Waals surface area contributed by atoms with Crippen LogP contribution in [0.5, 0.6) is 5.75 Å². The summed E-state index contributed by atoms with van der Waals surface area (Å²) in [5.41, 5.74) is 6.70. The van der Waals surface area contributed by atoms with Gasteiger partial charge in [0, 0.05) is 6.42 Å². The van der Waals surface area contributed by atoms with Crippen molar-refractivity contribution in [2.75, 3.05) is 19.0 Å². The third-order valence-electron chi connectivity index (χ3n) is 5.08. The molecule has 1 aromatic heterocycles. The lowest BCUT2D eigenvalue weighted by Crippen LogP contribution is -2.35. The van der Waals surface area contributed by atoms with Crippen molar-refractivity contribution in [2.24, 2.45) is 11.1 Å². The lowest BCUT2D eigenvalue weighted by atomic mass is 9.72. The van der Waals surface area contributed by atoms with Gasteiger partial charge in [0.15, 0.2) is 5.82 Å². The lowest BCUT2D eigenvalue weighted by molar-refractivity contribution is -0.115. The smallest absolute Gasteiger partial charge is 0.232 e. The number of rotatable bonds is 7. The fourth-order valence-corrected chi connectivity index (χ4v) is 3.60. The van der Waals surface area contributed by atoms with Crippen LogP contribution in [0, 0.1) is 5.41 Å². The number of carbonyl (C=O) groups excluding carboxylic acids is 1. The maximum absolute atomic E-state index is 12.3. The summed E-state index contributed by atoms with van der Waals surface area (Å²) in [4.78, 5) is 16.7. The van der Waals surface area contributed by atoms with E-state index in [1.165, 1.54) is 19.3 Å². The van der Waals surface area contributed by atoms with Crippen LogP contribution in [-0.2, 0) is 17.6 Å². The number of nitrogens with two attached hydrogens (primary N) is 1. The minimum Gasteiger partial charge on any atom is -0.495 e. The summed E-state index contributed by atoms with van der Waals surface area (Å²) in [6.07, 6.45) is 6.58. The van der Waals surface area contributed by atoms with Crippen LogP contribution in [0.15, 0.2) is 28.8 Å². The fraction of sp³-hybridized carbons (Fsp3) is 0.526. The van der Waals surface area contributed by atoms with E-state index in [0.29, 0.717) is 36.1 Å². The zero-order valence-electron chi connectivity index (χ0n) is 15.2. The molecule has 0 radical (unpaired) electrons. The van der Waals surface area contributed by atoms with E-state index in [4.69, 9.17) is 15.0 Å². The van der Waals surface area contributed by atoms with Crippen LogP contribution in [0.4, 0.5) is 5.69 Å². The van der Waals surface area contributed by atoms with Gasteiger partial charge in [-0.3, -0.25) is 4.79 Å². The number of aromatic nitrogens is 2. The van der Waals surface area contributed by atoms with E-state index in [9.17, 15) is 4.79 Å². The molecule has 3 rings (SSSR count). The van der Waals surface area contributed by atoms with Crippen LogP contribution in [0.25, 0.3) is 0 Å². The zero-order chi connectivity index (χ0) is 18.4. The summed E-state index contributed by atoms with van der Waals surface area (Å²) >= 11 is 0. The first-order valence-electron chi connectivity index (χ1n) is 9.08. The number of carbonyl (C=O) groups is 1. The van der Waals surface area contributed by atoms with Crippen molar-refractivity contribution in [3.05, 3.63) is 36.0 Å². The third kappa shape index (κ3) is 4.40. The Morgan fingerprint density at radius 1 is 1.31 bits per heavy atom. The molecule has 0 aliphatic heterocycles. The zero-order valence-corrected chi connectivity index (χ0v) is 15.2. The number of para-hydroxylation sites is 2. The predicted molar refractivity (Wildman–Crippen MR) is 97.9 cm³/mol. The fourth-order valence-electron chi connectivity index (χ4n) is 3.60. The van der Waals surface area contributed by atoms with Crippen LogP contribution < -0.4 is 15.8 Å². The van der Waals surface area contributed by atoms with Gasteiger partial charge in [-0.1, -0.05) is 36.6 Å². The molecule has 7 nitrogen and oxygen atoms in total. The molecule has 0 saturated heterocycles. The second-order valence-electron chi connectivity index (χ2n) is 6.97. The Bertz CT molecular complexity index is 738. The van der Waals surface area contributed by atoms with Crippen molar-refractivity contribution in [2.45, 2.75) is 44.9 Å². The highest BCUT2D eigenvalue weighted by Gasteiger charge is 2.33. The molecule has 0 bridgehead atoms. The van der Waals surface area contributed by atoms with Gasteiger partial charge in [0.2, 0.25) is 11.8 Å². The van der Waals surface area contributed by atoms with Gasteiger partial charge < -0.3 is 20.3 Å². The molecule has 1 amide bonds. The number of hydrogen-bond donors (Lipinski definition) is 2. The molecule has 0 unspecified atom stereocenters. The number of nitrogens with zero attached hydrogens (tertiary/aromatic N) is 2. The van der Waals surface area contributed by atoms with Crippen LogP contribution in [0.1, 0.15) is 43.8 Å². The van der Waals surface area contributed by atoms with E-state index in [1.54, 1.807) is 19.2 Å². The highest BCUT2D eigenvalue weighted by atomic mass is 16.5. The summed E-state index contributed by atoms with van der Waals surface area (Å²) in [5.74, 6) is 1.35. The summed E-state index contributed by atoms with van der Waals surface area (Å²) in [5, 5.41) is 6.77. The summed E-state index contributed by atoms with van der Waals surface area (Å²) in [6.45, 7) is 0.624. The standard InChI is InChI=1S/C19H26N4O3/c1-25-15-8-4-3-7-14(15)21-17(24)11-16-22-18(26-23-16)12-19(13-20)9-5-2-6-10-19/h3-4,7-8H,2,5-6,9-13,20H2,1H3,(H,21,24). The third-order valence-corrected chi connectivity index (χ3v) is 5.08. The van der Waals surface area contributed by atoms with Crippen molar-refractivity contribution in [1.29, 1.82) is 0 Å². The Hall–Kier alpha value is -2.41. The first-order valence-corrected chi connectivity index (χ1v) is 9.08. The van der Waals surface area contributed by atoms with Crippen LogP contribution >= 0.6 is 0 Å². The van der Waals surface area contributed by atoms with E-state index in [2.05, 4.69) is 15.5 Å². The van der Waals surface area contributed by atoms with Crippen LogP contribution in [0.3, 0.4) is 0 Å². The molecule has 1 aromatic carbocycles. The second kappa shape index (κ2) is 8.31. The molecule has 1 saturated carbocycles. The number of anilines is 1. The predicted octanol–water partition coefficient (Wildman–Crippen LogP) is 2.71. The van der Waals surface area contributed by atoms with Crippen LogP contribution in [-0.4, -0.2) is 29.7 Å².